The topological polar surface area (TPSA) is 102 Å². The lowest BCUT2D eigenvalue weighted by molar-refractivity contribution is -0.889. The average Bonchev–Trinajstić information content (AvgIpc) is 3.28. The molecule has 8 nitrogen and oxygen atoms in total. The number of nitrogens with zero attached hydrogens (tertiary/aromatic N) is 1. The molecule has 0 aliphatic carbocycles. The van der Waals surface area contributed by atoms with Gasteiger partial charge in [0, 0.05) is 19.3 Å². The second-order valence-corrected chi connectivity index (χ2v) is 19.8. The Morgan fingerprint density at radius 3 is 1.26 bits per heavy atom. The van der Waals surface area contributed by atoms with Gasteiger partial charge in [0.15, 0.2) is 6.10 Å². The molecule has 2 unspecified atom stereocenters. The van der Waals surface area contributed by atoms with Crippen LogP contribution in [0.2, 0.25) is 0 Å². The zero-order valence-corrected chi connectivity index (χ0v) is 43.9. The summed E-state index contributed by atoms with van der Waals surface area (Å²) >= 11 is 0. The number of quaternary nitrogens is 1. The summed E-state index contributed by atoms with van der Waals surface area (Å²) < 4.78 is 17.3. The van der Waals surface area contributed by atoms with E-state index in [1.54, 1.807) is 21.1 Å². The molecular formula is C58H105NO7. The van der Waals surface area contributed by atoms with Gasteiger partial charge < -0.3 is 28.6 Å². The number of rotatable bonds is 50. The van der Waals surface area contributed by atoms with Gasteiger partial charge in [0.1, 0.15) is 12.6 Å². The molecule has 0 N–H and O–H groups in total. The van der Waals surface area contributed by atoms with Crippen molar-refractivity contribution in [2.24, 2.45) is 0 Å². The van der Waals surface area contributed by atoms with Crippen LogP contribution in [0.3, 0.4) is 0 Å². The summed E-state index contributed by atoms with van der Waals surface area (Å²) in [6.45, 7) is 4.57. The first-order valence-corrected chi connectivity index (χ1v) is 27.7. The third-order valence-corrected chi connectivity index (χ3v) is 12.5. The van der Waals surface area contributed by atoms with Gasteiger partial charge in [0.2, 0.25) is 0 Å². The fourth-order valence-corrected chi connectivity index (χ4v) is 8.24. The van der Waals surface area contributed by atoms with E-state index in [0.717, 1.165) is 77.0 Å². The lowest BCUT2D eigenvalue weighted by Crippen LogP contribution is -2.55. The molecule has 0 aliphatic heterocycles. The summed E-state index contributed by atoms with van der Waals surface area (Å²) in [6.07, 6.45) is 60.1. The molecule has 0 aromatic rings. The van der Waals surface area contributed by atoms with E-state index in [1.807, 2.05) is 0 Å². The number of allylic oxidation sites excluding steroid dienone is 8. The van der Waals surface area contributed by atoms with Crippen LogP contribution in [0.4, 0.5) is 0 Å². The minimum Gasteiger partial charge on any atom is -0.544 e. The second kappa shape index (κ2) is 48.7. The van der Waals surface area contributed by atoms with Crippen LogP contribution in [-0.4, -0.2) is 75.5 Å². The molecule has 0 aromatic carbocycles. The first kappa shape index (κ1) is 63.3. The van der Waals surface area contributed by atoms with E-state index >= 15 is 0 Å². The van der Waals surface area contributed by atoms with E-state index in [-0.39, 0.29) is 42.7 Å². The van der Waals surface area contributed by atoms with Crippen LogP contribution in [-0.2, 0) is 28.6 Å². The summed E-state index contributed by atoms with van der Waals surface area (Å²) in [7, 11) is 5.42. The quantitative estimate of drug-likeness (QED) is 0.0259. The van der Waals surface area contributed by atoms with Crippen molar-refractivity contribution in [2.75, 3.05) is 41.0 Å². The van der Waals surface area contributed by atoms with Gasteiger partial charge in [0.25, 0.3) is 0 Å². The lowest BCUT2D eigenvalue weighted by Gasteiger charge is -2.34. The summed E-state index contributed by atoms with van der Waals surface area (Å²) in [4.78, 5) is 37.1. The molecule has 0 aromatic heterocycles. The van der Waals surface area contributed by atoms with Crippen LogP contribution in [0, 0.1) is 0 Å². The van der Waals surface area contributed by atoms with E-state index in [0.29, 0.717) is 12.8 Å². The summed E-state index contributed by atoms with van der Waals surface area (Å²) in [5.74, 6) is -1.74. The Bertz CT molecular complexity index is 1220. The molecule has 0 saturated carbocycles. The monoisotopic (exact) mass is 928 g/mol. The molecule has 0 heterocycles. The van der Waals surface area contributed by atoms with Crippen molar-refractivity contribution in [1.82, 2.24) is 0 Å². The Morgan fingerprint density at radius 2 is 0.848 bits per heavy atom. The van der Waals surface area contributed by atoms with Crippen LogP contribution < -0.4 is 5.11 Å². The van der Waals surface area contributed by atoms with E-state index in [4.69, 9.17) is 14.2 Å². The minimum absolute atomic E-state index is 0.0364. The predicted octanol–water partition coefficient (Wildman–Crippen LogP) is 15.0. The molecule has 0 aliphatic rings. The fourth-order valence-electron chi connectivity index (χ4n) is 8.24. The number of unbranched alkanes of at least 4 members (excludes halogenated alkanes) is 28. The molecule has 0 spiro atoms. The number of carboxylic acids is 1. The first-order chi connectivity index (χ1) is 32.1. The van der Waals surface area contributed by atoms with Gasteiger partial charge >= 0.3 is 11.9 Å². The summed E-state index contributed by atoms with van der Waals surface area (Å²) in [5.41, 5.74) is 0. The highest BCUT2D eigenvalue weighted by atomic mass is 16.6. The standard InChI is InChI=1S/C58H105NO7/c1-6-8-10-12-14-16-18-20-22-24-26-27-28-29-31-32-34-36-38-40-42-44-46-48-56(60)65-53-54(52-64-51-50-55(58(62)63)59(3,4)5)66-57(61)49-47-45-43-41-39-37-35-33-30-25-23-21-19-17-15-13-11-9-7-2/h9,11,15,17,21,23,30,33,54-55H,6-8,10,12-14,16,18-20,22,24-29,31-32,34-53H2,1-5H3/b11-9-,17-15-,23-21-,33-30-. The van der Waals surface area contributed by atoms with E-state index in [9.17, 15) is 19.5 Å². The third kappa shape index (κ3) is 46.4. The van der Waals surface area contributed by atoms with Crippen LogP contribution in [0.15, 0.2) is 48.6 Å². The Labute approximate surface area is 407 Å². The van der Waals surface area contributed by atoms with Crippen LogP contribution in [0.5, 0.6) is 0 Å². The number of esters is 2. The number of hydrogen-bond donors (Lipinski definition) is 0. The SMILES string of the molecule is CC/C=C\C/C=C\C/C=C\C/C=C\CCCCCCCCC(=O)OC(COCCC(C(=O)[O-])[N+](C)(C)C)COC(=O)CCCCCCCCCCCCCCCCCCCCCCCCC. The van der Waals surface area contributed by atoms with Crippen molar-refractivity contribution in [1.29, 1.82) is 0 Å². The molecule has 0 fully saturated rings. The van der Waals surface area contributed by atoms with Crippen LogP contribution in [0.25, 0.3) is 0 Å². The number of hydrogen-bond acceptors (Lipinski definition) is 7. The molecule has 0 saturated heterocycles. The number of carbonyl (C=O) groups excluding carboxylic acids is 3. The summed E-state index contributed by atoms with van der Waals surface area (Å²) in [5, 5.41) is 11.7. The lowest BCUT2D eigenvalue weighted by atomic mass is 10.0. The Kier molecular flexibility index (Phi) is 46.7. The predicted molar refractivity (Wildman–Crippen MR) is 277 cm³/mol. The molecule has 0 radical (unpaired) electrons. The first-order valence-electron chi connectivity index (χ1n) is 27.7. The van der Waals surface area contributed by atoms with Gasteiger partial charge in [-0.25, -0.2) is 0 Å². The average molecular weight is 928 g/mol. The molecule has 0 amide bonds. The molecule has 0 bridgehead atoms. The molecule has 66 heavy (non-hydrogen) atoms. The smallest absolute Gasteiger partial charge is 0.306 e. The second-order valence-electron chi connectivity index (χ2n) is 19.8. The van der Waals surface area contributed by atoms with Crippen LogP contribution in [0.1, 0.15) is 251 Å². The zero-order valence-electron chi connectivity index (χ0n) is 43.9. The summed E-state index contributed by atoms with van der Waals surface area (Å²) in [6, 6.07) is -0.729. The van der Waals surface area contributed by atoms with Crippen molar-refractivity contribution in [3.8, 4) is 0 Å². The van der Waals surface area contributed by atoms with Crippen molar-refractivity contribution in [3.63, 3.8) is 0 Å². The zero-order chi connectivity index (χ0) is 48.4. The fraction of sp³-hybridized carbons (Fsp3) is 0.810. The molecule has 384 valence electrons. The van der Waals surface area contributed by atoms with Gasteiger partial charge in [-0.05, 0) is 51.4 Å². The Morgan fingerprint density at radius 1 is 0.470 bits per heavy atom. The van der Waals surface area contributed by atoms with Crippen molar-refractivity contribution in [3.05, 3.63) is 48.6 Å². The number of likely N-dealkylation sites (N-methyl/N-ethyl adjacent to an activating group) is 1. The van der Waals surface area contributed by atoms with Gasteiger partial charge in [-0.1, -0.05) is 229 Å². The van der Waals surface area contributed by atoms with Gasteiger partial charge in [-0.15, -0.1) is 0 Å². The maximum atomic E-state index is 12.8. The Balaban J connectivity index is 4.18. The Hall–Kier alpha value is -2.71. The van der Waals surface area contributed by atoms with Gasteiger partial charge in [-0.2, -0.15) is 0 Å². The van der Waals surface area contributed by atoms with E-state index in [1.165, 1.54) is 141 Å². The van der Waals surface area contributed by atoms with Gasteiger partial charge in [-0.3, -0.25) is 9.59 Å². The highest BCUT2D eigenvalue weighted by Crippen LogP contribution is 2.17. The van der Waals surface area contributed by atoms with Crippen LogP contribution >= 0.6 is 0 Å². The van der Waals surface area contributed by atoms with Crippen molar-refractivity contribution < 1.29 is 38.2 Å². The largest absolute Gasteiger partial charge is 0.544 e. The number of carboxylic acid groups (broad SMARTS) is 1. The van der Waals surface area contributed by atoms with Gasteiger partial charge in [0.05, 0.1) is 40.3 Å². The number of carbonyl (C=O) groups is 3. The molecular weight excluding hydrogens is 823 g/mol. The van der Waals surface area contributed by atoms with Crippen molar-refractivity contribution >= 4 is 17.9 Å². The maximum absolute atomic E-state index is 12.8. The number of aliphatic carboxylic acids is 1. The maximum Gasteiger partial charge on any atom is 0.306 e. The minimum atomic E-state index is -1.13. The third-order valence-electron chi connectivity index (χ3n) is 12.5. The van der Waals surface area contributed by atoms with E-state index in [2.05, 4.69) is 62.5 Å². The van der Waals surface area contributed by atoms with E-state index < -0.39 is 18.1 Å². The highest BCUT2D eigenvalue weighted by molar-refractivity contribution is 5.70. The normalized spacial score (nSPS) is 13.2. The highest BCUT2D eigenvalue weighted by Gasteiger charge is 2.25. The molecule has 2 atom stereocenters. The van der Waals surface area contributed by atoms with Crippen molar-refractivity contribution in [2.45, 2.75) is 264 Å². The number of ether oxygens (including phenoxy) is 3. The molecule has 8 heteroatoms. The molecule has 0 rings (SSSR count).